The topological polar surface area (TPSA) is 40.9 Å². The Balaban J connectivity index is 2.84. The molecular weight excluding hydrogens is 265 g/mol. The number of hydrogen-bond acceptors (Lipinski definition) is 2. The van der Waals surface area contributed by atoms with Crippen molar-refractivity contribution < 1.29 is 4.79 Å². The van der Waals surface area contributed by atoms with E-state index in [1.165, 1.54) is 0 Å². The molecule has 0 atom stereocenters. The van der Waals surface area contributed by atoms with Crippen LogP contribution in [-0.2, 0) is 0 Å². The van der Waals surface area contributed by atoms with E-state index in [4.69, 9.17) is 5.26 Å². The lowest BCUT2D eigenvalue weighted by molar-refractivity contribution is 0.0997. The van der Waals surface area contributed by atoms with Crippen LogP contribution in [0.1, 0.15) is 16.8 Å². The smallest absolute Gasteiger partial charge is 0.176 e. The third-order valence-corrected chi connectivity index (χ3v) is 2.12. The number of Topliss-reactive ketones (excluding diaryl/α,β-unsaturated/α-hetero) is 1. The molecule has 0 fully saturated rings. The van der Waals surface area contributed by atoms with Gasteiger partial charge in [0.05, 0.1) is 12.5 Å². The highest BCUT2D eigenvalue weighted by atomic mass is 127. The molecule has 0 saturated heterocycles. The van der Waals surface area contributed by atoms with E-state index in [1.54, 1.807) is 12.1 Å². The van der Waals surface area contributed by atoms with Crippen LogP contribution in [0.25, 0.3) is 0 Å². The fraction of sp³-hybridized carbons (Fsp3) is 0.111. The summed E-state index contributed by atoms with van der Waals surface area (Å²) in [6.07, 6.45) is -0.0411. The van der Waals surface area contributed by atoms with Gasteiger partial charge < -0.3 is 0 Å². The highest BCUT2D eigenvalue weighted by Gasteiger charge is 2.03. The Morgan fingerprint density at radius 1 is 1.42 bits per heavy atom. The van der Waals surface area contributed by atoms with Gasteiger partial charge in [0.2, 0.25) is 0 Å². The maximum absolute atomic E-state index is 11.1. The molecular formula is C9H6INO. The molecule has 0 heterocycles. The van der Waals surface area contributed by atoms with Gasteiger partial charge in [-0.3, -0.25) is 4.79 Å². The second-order valence-electron chi connectivity index (χ2n) is 2.26. The minimum absolute atomic E-state index is 0.0411. The molecule has 3 heteroatoms. The molecule has 0 radical (unpaired) electrons. The van der Waals surface area contributed by atoms with Crippen molar-refractivity contribution in [3.63, 3.8) is 0 Å². The number of nitriles is 1. The zero-order valence-corrected chi connectivity index (χ0v) is 8.41. The first-order valence-electron chi connectivity index (χ1n) is 3.40. The Morgan fingerprint density at radius 3 is 2.50 bits per heavy atom. The number of nitrogens with zero attached hydrogens (tertiary/aromatic N) is 1. The van der Waals surface area contributed by atoms with Gasteiger partial charge in [0.15, 0.2) is 5.78 Å². The Kier molecular flexibility index (Phi) is 3.23. The molecule has 0 aliphatic rings. The number of hydrogen-bond donors (Lipinski definition) is 0. The van der Waals surface area contributed by atoms with E-state index in [2.05, 4.69) is 22.6 Å². The van der Waals surface area contributed by atoms with E-state index < -0.39 is 0 Å². The van der Waals surface area contributed by atoms with Crippen molar-refractivity contribution in [1.82, 2.24) is 0 Å². The van der Waals surface area contributed by atoms with Crippen LogP contribution in [0, 0.1) is 14.9 Å². The van der Waals surface area contributed by atoms with E-state index in [0.717, 1.165) is 3.57 Å². The molecule has 60 valence electrons. The average Bonchev–Trinajstić information content (AvgIpc) is 2.06. The van der Waals surface area contributed by atoms with Gasteiger partial charge in [0.1, 0.15) is 0 Å². The first-order valence-corrected chi connectivity index (χ1v) is 4.47. The van der Waals surface area contributed by atoms with E-state index in [1.807, 2.05) is 18.2 Å². The Labute approximate surface area is 84.3 Å². The van der Waals surface area contributed by atoms with Crippen molar-refractivity contribution >= 4 is 28.4 Å². The molecule has 0 amide bonds. The maximum atomic E-state index is 11.1. The predicted molar refractivity (Wildman–Crippen MR) is 53.7 cm³/mol. The first kappa shape index (κ1) is 9.20. The maximum Gasteiger partial charge on any atom is 0.176 e. The Morgan fingerprint density at radius 2 is 2.00 bits per heavy atom. The number of rotatable bonds is 2. The van der Waals surface area contributed by atoms with E-state index >= 15 is 0 Å². The lowest BCUT2D eigenvalue weighted by Gasteiger charge is -1.95. The number of halogens is 1. The highest BCUT2D eigenvalue weighted by Crippen LogP contribution is 2.08. The molecule has 2 nitrogen and oxygen atoms in total. The van der Waals surface area contributed by atoms with Crippen molar-refractivity contribution in [2.75, 3.05) is 0 Å². The number of carbonyl (C=O) groups excluding carboxylic acids is 1. The van der Waals surface area contributed by atoms with Crippen LogP contribution in [0.3, 0.4) is 0 Å². The summed E-state index contributed by atoms with van der Waals surface area (Å²) in [5.74, 6) is -0.117. The monoisotopic (exact) mass is 271 g/mol. The van der Waals surface area contributed by atoms with Gasteiger partial charge in [-0.05, 0) is 34.7 Å². The Hall–Kier alpha value is -0.890. The molecule has 1 aromatic carbocycles. The summed E-state index contributed by atoms with van der Waals surface area (Å²) in [5.41, 5.74) is 0.608. The van der Waals surface area contributed by atoms with Gasteiger partial charge >= 0.3 is 0 Å². The van der Waals surface area contributed by atoms with E-state index in [9.17, 15) is 4.79 Å². The normalized spacial score (nSPS) is 9.00. The summed E-state index contributed by atoms with van der Waals surface area (Å²) in [7, 11) is 0. The molecule has 0 saturated carbocycles. The van der Waals surface area contributed by atoms with Crippen molar-refractivity contribution in [2.24, 2.45) is 0 Å². The summed E-state index contributed by atoms with van der Waals surface area (Å²) < 4.78 is 1.08. The predicted octanol–water partition coefficient (Wildman–Crippen LogP) is 2.39. The first-order chi connectivity index (χ1) is 5.74. The number of carbonyl (C=O) groups is 1. The summed E-state index contributed by atoms with van der Waals surface area (Å²) in [4.78, 5) is 11.1. The second-order valence-corrected chi connectivity index (χ2v) is 3.51. The van der Waals surface area contributed by atoms with Gasteiger partial charge in [-0.2, -0.15) is 5.26 Å². The molecule has 0 spiro atoms. The highest BCUT2D eigenvalue weighted by molar-refractivity contribution is 14.1. The number of benzene rings is 1. The molecule has 0 N–H and O–H groups in total. The molecule has 0 aliphatic carbocycles. The van der Waals surface area contributed by atoms with Crippen molar-refractivity contribution in [3.8, 4) is 6.07 Å². The quantitative estimate of drug-likeness (QED) is 0.612. The van der Waals surface area contributed by atoms with Crippen LogP contribution in [0.2, 0.25) is 0 Å². The van der Waals surface area contributed by atoms with Crippen LogP contribution in [0.4, 0.5) is 0 Å². The minimum Gasteiger partial charge on any atom is -0.293 e. The van der Waals surface area contributed by atoms with Crippen LogP contribution in [-0.4, -0.2) is 5.78 Å². The van der Waals surface area contributed by atoms with Crippen molar-refractivity contribution in [1.29, 1.82) is 5.26 Å². The largest absolute Gasteiger partial charge is 0.293 e. The summed E-state index contributed by atoms with van der Waals surface area (Å²) in [6.45, 7) is 0. The molecule has 0 aliphatic heterocycles. The number of ketones is 1. The summed E-state index contributed by atoms with van der Waals surface area (Å²) >= 11 is 2.16. The van der Waals surface area contributed by atoms with Crippen molar-refractivity contribution in [2.45, 2.75) is 6.42 Å². The van der Waals surface area contributed by atoms with Crippen LogP contribution < -0.4 is 0 Å². The van der Waals surface area contributed by atoms with Crippen LogP contribution in [0.5, 0.6) is 0 Å². The van der Waals surface area contributed by atoms with Gasteiger partial charge in [0, 0.05) is 9.13 Å². The second kappa shape index (κ2) is 4.21. The van der Waals surface area contributed by atoms with Gasteiger partial charge in [-0.15, -0.1) is 0 Å². The van der Waals surface area contributed by atoms with Crippen LogP contribution >= 0.6 is 22.6 Å². The zero-order valence-electron chi connectivity index (χ0n) is 6.25. The molecule has 0 bridgehead atoms. The van der Waals surface area contributed by atoms with Crippen LogP contribution in [0.15, 0.2) is 24.3 Å². The SMILES string of the molecule is N#CCC(=O)c1ccc(I)cc1. The van der Waals surface area contributed by atoms with Gasteiger partial charge in [-0.25, -0.2) is 0 Å². The van der Waals surface area contributed by atoms with E-state index in [-0.39, 0.29) is 12.2 Å². The minimum atomic E-state index is -0.117. The van der Waals surface area contributed by atoms with Crippen molar-refractivity contribution in [3.05, 3.63) is 33.4 Å². The summed E-state index contributed by atoms with van der Waals surface area (Å²) in [6, 6.07) is 9.01. The molecule has 1 rings (SSSR count). The lowest BCUT2D eigenvalue weighted by Crippen LogP contribution is -1.96. The average molecular weight is 271 g/mol. The molecule has 1 aromatic rings. The van der Waals surface area contributed by atoms with Gasteiger partial charge in [0.25, 0.3) is 0 Å². The molecule has 0 unspecified atom stereocenters. The zero-order chi connectivity index (χ0) is 8.97. The Bertz CT molecular complexity index is 323. The fourth-order valence-corrected chi connectivity index (χ4v) is 1.17. The van der Waals surface area contributed by atoms with Gasteiger partial charge in [-0.1, -0.05) is 12.1 Å². The lowest BCUT2D eigenvalue weighted by atomic mass is 10.1. The third-order valence-electron chi connectivity index (χ3n) is 1.41. The molecule has 0 aromatic heterocycles. The fourth-order valence-electron chi connectivity index (χ4n) is 0.810. The van der Waals surface area contributed by atoms with E-state index in [0.29, 0.717) is 5.56 Å². The third kappa shape index (κ3) is 2.31. The molecule has 12 heavy (non-hydrogen) atoms. The summed E-state index contributed by atoms with van der Waals surface area (Å²) in [5, 5.41) is 8.28. The standard InChI is InChI=1S/C9H6INO/c10-8-3-1-7(2-4-8)9(12)5-6-11/h1-4H,5H2.